The summed E-state index contributed by atoms with van der Waals surface area (Å²) in [7, 11) is 0. The van der Waals surface area contributed by atoms with E-state index in [2.05, 4.69) is 189 Å². The predicted octanol–water partition coefficient (Wildman–Crippen LogP) is 16.4. The Bertz CT molecular complexity index is 2960. The van der Waals surface area contributed by atoms with Crippen LogP contribution in [0.25, 0.3) is 64.3 Å². The fourth-order valence-corrected chi connectivity index (χ4v) is 11.1. The third-order valence-electron chi connectivity index (χ3n) is 13.1. The van der Waals surface area contributed by atoms with Crippen LogP contribution in [0, 0.1) is 0 Å². The molecule has 1 aromatic heterocycles. The summed E-state index contributed by atoms with van der Waals surface area (Å²) in [6.45, 7) is 4.75. The van der Waals surface area contributed by atoms with Crippen LogP contribution in [-0.4, -0.2) is 0 Å². The van der Waals surface area contributed by atoms with Crippen molar-refractivity contribution in [2.75, 3.05) is 4.90 Å². The first-order valence-electron chi connectivity index (χ1n) is 20.7. The zero-order chi connectivity index (χ0) is 38.1. The Morgan fingerprint density at radius 2 is 1.11 bits per heavy atom. The van der Waals surface area contributed by atoms with Crippen molar-refractivity contribution in [1.29, 1.82) is 0 Å². The molecule has 2 heteroatoms. The maximum atomic E-state index is 2.51. The molecule has 2 aliphatic rings. The molecule has 1 nitrogen and oxygen atoms in total. The molecule has 276 valence electrons. The predicted molar refractivity (Wildman–Crippen MR) is 246 cm³/mol. The number of rotatable bonds is 6. The Morgan fingerprint density at radius 3 is 1.91 bits per heavy atom. The van der Waals surface area contributed by atoms with E-state index in [1.165, 1.54) is 124 Å². The van der Waals surface area contributed by atoms with Gasteiger partial charge in [0.05, 0.1) is 5.69 Å². The molecule has 9 aromatic rings. The molecule has 0 atom stereocenters. The summed E-state index contributed by atoms with van der Waals surface area (Å²) in [5.74, 6) is 0.713. The van der Waals surface area contributed by atoms with Crippen molar-refractivity contribution in [2.45, 2.75) is 57.3 Å². The molecule has 0 saturated heterocycles. The number of benzene rings is 8. The van der Waals surface area contributed by atoms with Crippen LogP contribution in [0.4, 0.5) is 17.1 Å². The number of hydrogen-bond donors (Lipinski definition) is 0. The van der Waals surface area contributed by atoms with Crippen LogP contribution in [-0.2, 0) is 5.41 Å². The normalized spacial score (nSPS) is 14.9. The lowest BCUT2D eigenvalue weighted by Crippen LogP contribution is -2.17. The highest BCUT2D eigenvalue weighted by atomic mass is 32.1. The van der Waals surface area contributed by atoms with E-state index in [0.717, 1.165) is 5.69 Å². The summed E-state index contributed by atoms with van der Waals surface area (Å²) in [5.41, 5.74) is 15.3. The van der Waals surface area contributed by atoms with Crippen molar-refractivity contribution < 1.29 is 0 Å². The van der Waals surface area contributed by atoms with Gasteiger partial charge in [-0.3, -0.25) is 0 Å². The van der Waals surface area contributed by atoms with Crippen LogP contribution in [0.15, 0.2) is 170 Å². The minimum absolute atomic E-state index is 0.111. The second kappa shape index (κ2) is 13.6. The third-order valence-corrected chi connectivity index (χ3v) is 14.2. The molecule has 0 aliphatic heterocycles. The second-order valence-electron chi connectivity index (χ2n) is 16.8. The van der Waals surface area contributed by atoms with E-state index >= 15 is 0 Å². The molecule has 8 aromatic carbocycles. The van der Waals surface area contributed by atoms with Crippen LogP contribution in [0.5, 0.6) is 0 Å². The van der Waals surface area contributed by atoms with Gasteiger partial charge in [0.15, 0.2) is 0 Å². The highest BCUT2D eigenvalue weighted by molar-refractivity contribution is 7.25. The number of anilines is 3. The Balaban J connectivity index is 1.08. The van der Waals surface area contributed by atoms with E-state index < -0.39 is 0 Å². The standard InChI is InChI=1S/C55H45NS/c1-55(2)50-18-10-8-16-45(50)46-31-29-44(35-51(46)55)56(43-27-24-39(25-28-43)38-22-20-37(21-23-38)36-12-4-3-5-13-36)52-33-41-15-7-6-14-40(41)32-49(52)42-26-30-48-47-17-9-11-19-53(47)57-54(48)34-42/h6-11,14-36H,3-5,12-13H2,1-2H3. The number of fused-ring (bicyclic) bond motifs is 7. The Kier molecular flexibility index (Phi) is 8.19. The van der Waals surface area contributed by atoms with Gasteiger partial charge in [0.1, 0.15) is 0 Å². The topological polar surface area (TPSA) is 3.24 Å². The van der Waals surface area contributed by atoms with E-state index in [0.29, 0.717) is 5.92 Å². The van der Waals surface area contributed by atoms with Gasteiger partial charge in [-0.05, 0) is 123 Å². The van der Waals surface area contributed by atoms with Crippen LogP contribution >= 0.6 is 11.3 Å². The molecule has 0 spiro atoms. The molecule has 11 rings (SSSR count). The van der Waals surface area contributed by atoms with Crippen LogP contribution in [0.2, 0.25) is 0 Å². The monoisotopic (exact) mass is 751 g/mol. The van der Waals surface area contributed by atoms with Gasteiger partial charge in [0, 0.05) is 42.5 Å². The van der Waals surface area contributed by atoms with Gasteiger partial charge in [0.25, 0.3) is 0 Å². The molecule has 1 saturated carbocycles. The molecule has 0 radical (unpaired) electrons. The highest BCUT2D eigenvalue weighted by Crippen LogP contribution is 2.52. The summed E-state index contributed by atoms with van der Waals surface area (Å²) >= 11 is 1.88. The van der Waals surface area contributed by atoms with Gasteiger partial charge in [-0.25, -0.2) is 0 Å². The van der Waals surface area contributed by atoms with E-state index in [4.69, 9.17) is 0 Å². The van der Waals surface area contributed by atoms with Crippen molar-refractivity contribution >= 4 is 59.3 Å². The van der Waals surface area contributed by atoms with E-state index in [9.17, 15) is 0 Å². The van der Waals surface area contributed by atoms with Crippen LogP contribution < -0.4 is 4.90 Å². The van der Waals surface area contributed by atoms with E-state index in [1.54, 1.807) is 0 Å². The SMILES string of the molecule is CC1(C)c2ccccc2-c2ccc(N(c3ccc(-c4ccc(C5CCCCC5)cc4)cc3)c3cc4ccccc4cc3-c3ccc4c(c3)sc3ccccc34)cc21. The molecule has 2 aliphatic carbocycles. The number of hydrogen-bond acceptors (Lipinski definition) is 2. The summed E-state index contributed by atoms with van der Waals surface area (Å²) in [6.07, 6.45) is 6.75. The second-order valence-corrected chi connectivity index (χ2v) is 17.8. The molecule has 0 unspecified atom stereocenters. The van der Waals surface area contributed by atoms with Crippen molar-refractivity contribution in [1.82, 2.24) is 0 Å². The Hall–Kier alpha value is -5.96. The van der Waals surface area contributed by atoms with E-state index in [1.807, 2.05) is 11.3 Å². The summed E-state index contributed by atoms with van der Waals surface area (Å²) < 4.78 is 2.64. The minimum atomic E-state index is -0.111. The summed E-state index contributed by atoms with van der Waals surface area (Å²) in [5, 5.41) is 5.12. The number of thiophene rings is 1. The molecular formula is C55H45NS. The summed E-state index contributed by atoms with van der Waals surface area (Å²) in [6, 6.07) is 64.3. The molecular weight excluding hydrogens is 707 g/mol. The fourth-order valence-electron chi connectivity index (χ4n) is 9.98. The highest BCUT2D eigenvalue weighted by Gasteiger charge is 2.36. The van der Waals surface area contributed by atoms with Gasteiger partial charge >= 0.3 is 0 Å². The van der Waals surface area contributed by atoms with Gasteiger partial charge in [-0.15, -0.1) is 11.3 Å². The molecule has 57 heavy (non-hydrogen) atoms. The lowest BCUT2D eigenvalue weighted by Gasteiger charge is -2.30. The first kappa shape index (κ1) is 34.3. The van der Waals surface area contributed by atoms with Crippen molar-refractivity contribution in [3.05, 3.63) is 187 Å². The van der Waals surface area contributed by atoms with Gasteiger partial charge < -0.3 is 4.90 Å². The lowest BCUT2D eigenvalue weighted by molar-refractivity contribution is 0.443. The quantitative estimate of drug-likeness (QED) is 0.164. The summed E-state index contributed by atoms with van der Waals surface area (Å²) in [4.78, 5) is 2.51. The zero-order valence-corrected chi connectivity index (χ0v) is 33.5. The average molecular weight is 752 g/mol. The van der Waals surface area contributed by atoms with Gasteiger partial charge in [0.2, 0.25) is 0 Å². The molecule has 0 bridgehead atoms. The fraction of sp³-hybridized carbons (Fsp3) is 0.164. The van der Waals surface area contributed by atoms with Crippen molar-refractivity contribution in [2.24, 2.45) is 0 Å². The largest absolute Gasteiger partial charge is 0.310 e. The first-order chi connectivity index (χ1) is 28.0. The smallest absolute Gasteiger partial charge is 0.0546 e. The van der Waals surface area contributed by atoms with Crippen LogP contribution in [0.3, 0.4) is 0 Å². The average Bonchev–Trinajstić information content (AvgIpc) is 3.75. The zero-order valence-electron chi connectivity index (χ0n) is 32.6. The Morgan fingerprint density at radius 1 is 0.474 bits per heavy atom. The van der Waals surface area contributed by atoms with Crippen molar-refractivity contribution in [3.8, 4) is 33.4 Å². The molecule has 1 heterocycles. The molecule has 0 amide bonds. The lowest BCUT2D eigenvalue weighted by atomic mass is 9.82. The number of nitrogens with zero attached hydrogens (tertiary/aromatic N) is 1. The van der Waals surface area contributed by atoms with Crippen molar-refractivity contribution in [3.63, 3.8) is 0 Å². The van der Waals surface area contributed by atoms with E-state index in [-0.39, 0.29) is 5.41 Å². The van der Waals surface area contributed by atoms with Gasteiger partial charge in [-0.2, -0.15) is 0 Å². The Labute approximate surface area is 339 Å². The third kappa shape index (κ3) is 5.81. The molecule has 0 N–H and O–H groups in total. The van der Waals surface area contributed by atoms with Crippen LogP contribution in [0.1, 0.15) is 68.6 Å². The maximum absolute atomic E-state index is 2.51. The minimum Gasteiger partial charge on any atom is -0.310 e. The maximum Gasteiger partial charge on any atom is 0.0546 e. The molecule has 1 fully saturated rings. The van der Waals surface area contributed by atoms with Gasteiger partial charge in [-0.1, -0.05) is 154 Å². The first-order valence-corrected chi connectivity index (χ1v) is 21.5.